The lowest BCUT2D eigenvalue weighted by atomic mass is 10.0. The average molecular weight is 353 g/mol. The smallest absolute Gasteiger partial charge is 0.223 e. The third-order valence-electron chi connectivity index (χ3n) is 5.43. The summed E-state index contributed by atoms with van der Waals surface area (Å²) in [4.78, 5) is 15.6. The maximum absolute atomic E-state index is 11.3. The van der Waals surface area contributed by atoms with E-state index in [1.54, 1.807) is 18.9 Å². The number of hydrogen-bond acceptors (Lipinski definition) is 3. The van der Waals surface area contributed by atoms with Gasteiger partial charge in [0.2, 0.25) is 5.91 Å². The molecule has 2 aliphatic rings. The van der Waals surface area contributed by atoms with Crippen molar-refractivity contribution in [3.63, 3.8) is 0 Å². The lowest BCUT2D eigenvalue weighted by Crippen LogP contribution is -2.31. The molecule has 0 N–H and O–H groups in total. The van der Waals surface area contributed by atoms with Crippen LogP contribution in [0.4, 0.5) is 5.69 Å². The molecule has 0 spiro atoms. The van der Waals surface area contributed by atoms with E-state index >= 15 is 0 Å². The number of fused-ring (bicyclic) bond motifs is 1. The van der Waals surface area contributed by atoms with Crippen molar-refractivity contribution in [1.82, 2.24) is 4.90 Å². The fourth-order valence-electron chi connectivity index (χ4n) is 4.02. The standard InChI is InChI=1S/C19H28N2O2.ClH/c1-15(22)20(2)17-7-9-18(10-8-17)23-14-4-12-21-13-11-16-5-3-6-19(16)21;/h7-10,16,19H,3-6,11-14H2,1-2H3;1H/t16-,19-;/m0./s1. The van der Waals surface area contributed by atoms with Gasteiger partial charge in [-0.3, -0.25) is 9.69 Å². The molecule has 1 amide bonds. The van der Waals surface area contributed by atoms with E-state index in [0.29, 0.717) is 0 Å². The van der Waals surface area contributed by atoms with Gasteiger partial charge in [0.05, 0.1) is 6.61 Å². The van der Waals surface area contributed by atoms with Crippen LogP contribution in [0.2, 0.25) is 0 Å². The summed E-state index contributed by atoms with van der Waals surface area (Å²) in [5.41, 5.74) is 0.897. The van der Waals surface area contributed by atoms with Crippen molar-refractivity contribution >= 4 is 24.0 Å². The molecule has 0 bridgehead atoms. The van der Waals surface area contributed by atoms with Crippen LogP contribution in [0.15, 0.2) is 24.3 Å². The molecule has 1 aliphatic carbocycles. The third kappa shape index (κ3) is 4.42. The molecule has 0 radical (unpaired) electrons. The number of halogens is 1. The van der Waals surface area contributed by atoms with E-state index < -0.39 is 0 Å². The fourth-order valence-corrected chi connectivity index (χ4v) is 4.02. The SMILES string of the molecule is CC(=O)N(C)c1ccc(OCCCN2CC[C@@H]3CCC[C@@H]32)cc1.Cl. The summed E-state index contributed by atoms with van der Waals surface area (Å²) in [6.07, 6.45) is 6.74. The molecule has 0 aromatic heterocycles. The molecule has 134 valence electrons. The van der Waals surface area contributed by atoms with Gasteiger partial charge in [0.25, 0.3) is 0 Å². The predicted octanol–water partition coefficient (Wildman–Crippen LogP) is 3.73. The topological polar surface area (TPSA) is 32.8 Å². The van der Waals surface area contributed by atoms with Gasteiger partial charge in [0, 0.05) is 32.2 Å². The van der Waals surface area contributed by atoms with E-state index in [9.17, 15) is 4.79 Å². The van der Waals surface area contributed by atoms with E-state index in [-0.39, 0.29) is 18.3 Å². The van der Waals surface area contributed by atoms with Crippen molar-refractivity contribution in [3.05, 3.63) is 24.3 Å². The molecule has 4 nitrogen and oxygen atoms in total. The quantitative estimate of drug-likeness (QED) is 0.731. The van der Waals surface area contributed by atoms with Crippen LogP contribution in [0, 0.1) is 5.92 Å². The number of carbonyl (C=O) groups is 1. The van der Waals surface area contributed by atoms with Gasteiger partial charge in [-0.15, -0.1) is 12.4 Å². The molecule has 1 saturated carbocycles. The van der Waals surface area contributed by atoms with Crippen molar-refractivity contribution in [2.75, 3.05) is 31.6 Å². The predicted molar refractivity (Wildman–Crippen MR) is 100 cm³/mol. The van der Waals surface area contributed by atoms with Crippen LogP contribution in [0.25, 0.3) is 0 Å². The van der Waals surface area contributed by atoms with E-state index in [0.717, 1.165) is 43.0 Å². The van der Waals surface area contributed by atoms with Crippen LogP contribution >= 0.6 is 12.4 Å². The van der Waals surface area contributed by atoms with Crippen LogP contribution < -0.4 is 9.64 Å². The number of benzene rings is 1. The summed E-state index contributed by atoms with van der Waals surface area (Å²) >= 11 is 0. The second kappa shape index (κ2) is 8.72. The van der Waals surface area contributed by atoms with Gasteiger partial charge < -0.3 is 9.64 Å². The summed E-state index contributed by atoms with van der Waals surface area (Å²) in [7, 11) is 1.78. The zero-order valence-corrected chi connectivity index (χ0v) is 15.6. The summed E-state index contributed by atoms with van der Waals surface area (Å²) in [6.45, 7) is 4.77. The lowest BCUT2D eigenvalue weighted by Gasteiger charge is -2.23. The largest absolute Gasteiger partial charge is 0.494 e. The molecule has 3 rings (SSSR count). The number of nitrogens with zero attached hydrogens (tertiary/aromatic N) is 2. The minimum atomic E-state index is 0. The molecular weight excluding hydrogens is 324 g/mol. The van der Waals surface area contributed by atoms with Crippen molar-refractivity contribution < 1.29 is 9.53 Å². The van der Waals surface area contributed by atoms with Crippen molar-refractivity contribution in [3.8, 4) is 5.75 Å². The Hall–Kier alpha value is -1.26. The number of amides is 1. The van der Waals surface area contributed by atoms with Crippen molar-refractivity contribution in [1.29, 1.82) is 0 Å². The molecular formula is C19H29ClN2O2. The number of anilines is 1. The van der Waals surface area contributed by atoms with Gasteiger partial charge in [-0.05, 0) is 62.4 Å². The first-order valence-corrected chi connectivity index (χ1v) is 8.86. The molecule has 1 aliphatic heterocycles. The Kier molecular flexibility index (Phi) is 6.93. The molecule has 1 aromatic rings. The van der Waals surface area contributed by atoms with Gasteiger partial charge in [0.15, 0.2) is 0 Å². The Labute approximate surface area is 151 Å². The minimum Gasteiger partial charge on any atom is -0.494 e. The number of likely N-dealkylation sites (tertiary alicyclic amines) is 1. The number of carbonyl (C=O) groups excluding carboxylic acids is 1. The number of rotatable bonds is 6. The molecule has 2 atom stereocenters. The zero-order chi connectivity index (χ0) is 16.2. The van der Waals surface area contributed by atoms with E-state index in [4.69, 9.17) is 4.74 Å². The molecule has 0 unspecified atom stereocenters. The Bertz CT molecular complexity index is 535. The van der Waals surface area contributed by atoms with Crippen LogP contribution in [-0.4, -0.2) is 43.6 Å². The van der Waals surface area contributed by atoms with Crippen LogP contribution in [0.3, 0.4) is 0 Å². The highest BCUT2D eigenvalue weighted by Gasteiger charge is 2.36. The van der Waals surface area contributed by atoms with Crippen molar-refractivity contribution in [2.45, 2.75) is 45.1 Å². The highest BCUT2D eigenvalue weighted by atomic mass is 35.5. The van der Waals surface area contributed by atoms with Crippen LogP contribution in [0.5, 0.6) is 5.75 Å². The lowest BCUT2D eigenvalue weighted by molar-refractivity contribution is -0.116. The Morgan fingerprint density at radius 2 is 2.00 bits per heavy atom. The normalized spacial score (nSPS) is 22.8. The highest BCUT2D eigenvalue weighted by Crippen LogP contribution is 2.37. The first kappa shape index (κ1) is 19.1. The Balaban J connectivity index is 0.00000208. The molecule has 5 heteroatoms. The fraction of sp³-hybridized carbons (Fsp3) is 0.632. The van der Waals surface area contributed by atoms with E-state index in [1.807, 2.05) is 24.3 Å². The first-order chi connectivity index (χ1) is 11.1. The Morgan fingerprint density at radius 1 is 1.25 bits per heavy atom. The second-order valence-electron chi connectivity index (χ2n) is 6.86. The summed E-state index contributed by atoms with van der Waals surface area (Å²) < 4.78 is 5.84. The highest BCUT2D eigenvalue weighted by molar-refractivity contribution is 5.90. The van der Waals surface area contributed by atoms with Gasteiger partial charge >= 0.3 is 0 Å². The van der Waals surface area contributed by atoms with Crippen LogP contribution in [-0.2, 0) is 4.79 Å². The first-order valence-electron chi connectivity index (χ1n) is 8.86. The van der Waals surface area contributed by atoms with Gasteiger partial charge in [-0.1, -0.05) is 6.42 Å². The molecule has 24 heavy (non-hydrogen) atoms. The summed E-state index contributed by atoms with van der Waals surface area (Å²) in [5, 5.41) is 0. The molecule has 2 fully saturated rings. The summed E-state index contributed by atoms with van der Waals surface area (Å²) in [5.74, 6) is 1.89. The number of ether oxygens (including phenoxy) is 1. The second-order valence-corrected chi connectivity index (χ2v) is 6.86. The van der Waals surface area contributed by atoms with Crippen LogP contribution in [0.1, 0.15) is 39.0 Å². The third-order valence-corrected chi connectivity index (χ3v) is 5.43. The monoisotopic (exact) mass is 352 g/mol. The summed E-state index contributed by atoms with van der Waals surface area (Å²) in [6, 6.07) is 8.60. The average Bonchev–Trinajstić information content (AvgIpc) is 3.15. The molecule has 1 saturated heterocycles. The molecule has 1 aromatic carbocycles. The van der Waals surface area contributed by atoms with Gasteiger partial charge in [-0.25, -0.2) is 0 Å². The van der Waals surface area contributed by atoms with E-state index in [2.05, 4.69) is 4.90 Å². The minimum absolute atomic E-state index is 0. The maximum atomic E-state index is 11.3. The van der Waals surface area contributed by atoms with Crippen molar-refractivity contribution in [2.24, 2.45) is 5.92 Å². The van der Waals surface area contributed by atoms with Gasteiger partial charge in [-0.2, -0.15) is 0 Å². The maximum Gasteiger partial charge on any atom is 0.223 e. The van der Waals surface area contributed by atoms with Gasteiger partial charge in [0.1, 0.15) is 5.75 Å². The van der Waals surface area contributed by atoms with E-state index in [1.165, 1.54) is 32.2 Å². The molecule has 1 heterocycles. The zero-order valence-electron chi connectivity index (χ0n) is 14.7. The number of hydrogen-bond donors (Lipinski definition) is 0. The Morgan fingerprint density at radius 3 is 2.71 bits per heavy atom.